The van der Waals surface area contributed by atoms with Gasteiger partial charge in [0.05, 0.1) is 6.21 Å². The van der Waals surface area contributed by atoms with Crippen molar-refractivity contribution in [2.24, 2.45) is 11.0 Å². The van der Waals surface area contributed by atoms with Gasteiger partial charge in [0.25, 0.3) is 0 Å². The molecule has 0 bridgehead atoms. The quantitative estimate of drug-likeness (QED) is 0.381. The van der Waals surface area contributed by atoms with Crippen LogP contribution in [0.5, 0.6) is 0 Å². The fraction of sp³-hybridized carbons (Fsp3) is 0.200. The number of aryl methyl sites for hydroxylation is 1. The molecule has 1 fully saturated rings. The van der Waals surface area contributed by atoms with E-state index in [4.69, 9.17) is 0 Å². The standard InChI is InChI=1S/C25H23N3O/c1-2-28-23-11-7-6-10-19(23)21-14-17(12-13-24(21)28)16-26-27-25(29)22-15-20(22)18-8-4-3-5-9-18/h3-14,16,20,22H,2,15H2,1H3,(H,27,29)/t20-,22+/m0/s1. The summed E-state index contributed by atoms with van der Waals surface area (Å²) in [5.41, 5.74) is 7.39. The van der Waals surface area contributed by atoms with Crippen molar-refractivity contribution in [1.29, 1.82) is 0 Å². The van der Waals surface area contributed by atoms with Gasteiger partial charge in [0.15, 0.2) is 0 Å². The minimum absolute atomic E-state index is 0.00114. The lowest BCUT2D eigenvalue weighted by Crippen LogP contribution is -2.20. The molecule has 29 heavy (non-hydrogen) atoms. The zero-order chi connectivity index (χ0) is 19.8. The summed E-state index contributed by atoms with van der Waals surface area (Å²) in [7, 11) is 0. The van der Waals surface area contributed by atoms with Crippen LogP contribution in [0.15, 0.2) is 77.9 Å². The van der Waals surface area contributed by atoms with E-state index >= 15 is 0 Å². The molecule has 2 atom stereocenters. The zero-order valence-electron chi connectivity index (χ0n) is 16.4. The smallest absolute Gasteiger partial charge is 0.243 e. The lowest BCUT2D eigenvalue weighted by atomic mass is 10.1. The van der Waals surface area contributed by atoms with Crippen LogP contribution in [0, 0.1) is 5.92 Å². The van der Waals surface area contributed by atoms with E-state index in [1.54, 1.807) is 6.21 Å². The highest BCUT2D eigenvalue weighted by molar-refractivity contribution is 6.09. The fourth-order valence-corrected chi connectivity index (χ4v) is 4.30. The molecule has 1 saturated carbocycles. The number of hydrogen-bond acceptors (Lipinski definition) is 2. The Kier molecular flexibility index (Phi) is 4.39. The predicted octanol–water partition coefficient (Wildman–Crippen LogP) is 5.07. The summed E-state index contributed by atoms with van der Waals surface area (Å²) >= 11 is 0. The largest absolute Gasteiger partial charge is 0.341 e. The Morgan fingerprint density at radius 2 is 1.79 bits per heavy atom. The van der Waals surface area contributed by atoms with Gasteiger partial charge < -0.3 is 4.57 Å². The molecule has 1 aliphatic carbocycles. The lowest BCUT2D eigenvalue weighted by Gasteiger charge is -2.03. The second-order valence-electron chi connectivity index (χ2n) is 7.63. The van der Waals surface area contributed by atoms with E-state index in [-0.39, 0.29) is 11.8 Å². The van der Waals surface area contributed by atoms with Gasteiger partial charge >= 0.3 is 0 Å². The Hall–Kier alpha value is -3.40. The summed E-state index contributed by atoms with van der Waals surface area (Å²) in [6.07, 6.45) is 2.63. The molecular formula is C25H23N3O. The number of carbonyl (C=O) groups excluding carboxylic acids is 1. The van der Waals surface area contributed by atoms with E-state index in [0.717, 1.165) is 18.5 Å². The maximum absolute atomic E-state index is 12.4. The summed E-state index contributed by atoms with van der Waals surface area (Å²) in [5.74, 6) is 0.348. The molecule has 4 aromatic rings. The molecule has 1 aromatic heterocycles. The number of aromatic nitrogens is 1. The minimum Gasteiger partial charge on any atom is -0.341 e. The van der Waals surface area contributed by atoms with Crippen LogP contribution in [0.25, 0.3) is 21.8 Å². The van der Waals surface area contributed by atoms with Crippen LogP contribution >= 0.6 is 0 Å². The Morgan fingerprint density at radius 3 is 2.62 bits per heavy atom. The maximum atomic E-state index is 12.4. The second-order valence-corrected chi connectivity index (χ2v) is 7.63. The normalized spacial score (nSPS) is 18.5. The molecule has 0 spiro atoms. The third-order valence-corrected chi connectivity index (χ3v) is 5.86. The van der Waals surface area contributed by atoms with Gasteiger partial charge in [-0.05, 0) is 48.6 Å². The lowest BCUT2D eigenvalue weighted by molar-refractivity contribution is -0.122. The minimum atomic E-state index is -0.00114. The third kappa shape index (κ3) is 3.21. The van der Waals surface area contributed by atoms with Crippen LogP contribution in [0.1, 0.15) is 30.4 Å². The summed E-state index contributed by atoms with van der Waals surface area (Å²) in [4.78, 5) is 12.4. The van der Waals surface area contributed by atoms with E-state index in [2.05, 4.69) is 70.5 Å². The van der Waals surface area contributed by atoms with E-state index < -0.39 is 0 Å². The number of hydrazone groups is 1. The molecule has 3 aromatic carbocycles. The topological polar surface area (TPSA) is 46.4 Å². The molecule has 0 saturated heterocycles. The average Bonchev–Trinajstić information content (AvgIpc) is 3.51. The third-order valence-electron chi connectivity index (χ3n) is 5.86. The number of carbonyl (C=O) groups is 1. The number of benzene rings is 3. The molecule has 1 aliphatic rings. The van der Waals surface area contributed by atoms with Crippen molar-refractivity contribution in [3.8, 4) is 0 Å². The second kappa shape index (κ2) is 7.21. The van der Waals surface area contributed by atoms with Crippen molar-refractivity contribution in [3.05, 3.63) is 83.9 Å². The first kappa shape index (κ1) is 17.7. The Balaban J connectivity index is 1.32. The van der Waals surface area contributed by atoms with Crippen molar-refractivity contribution in [2.75, 3.05) is 0 Å². The monoisotopic (exact) mass is 381 g/mol. The SMILES string of the molecule is CCn1c2ccccc2c2cc(C=NNC(=O)[C@@H]3C[C@H]3c3ccccc3)ccc21. The van der Waals surface area contributed by atoms with Crippen molar-refractivity contribution < 1.29 is 4.79 Å². The van der Waals surface area contributed by atoms with Gasteiger partial charge in [0.1, 0.15) is 0 Å². The van der Waals surface area contributed by atoms with Crippen LogP contribution in [0.3, 0.4) is 0 Å². The average molecular weight is 381 g/mol. The van der Waals surface area contributed by atoms with Crippen molar-refractivity contribution >= 4 is 33.9 Å². The molecule has 144 valence electrons. The number of rotatable bonds is 5. The van der Waals surface area contributed by atoms with E-state index in [1.165, 1.54) is 27.4 Å². The van der Waals surface area contributed by atoms with Gasteiger partial charge in [-0.1, -0.05) is 54.6 Å². The van der Waals surface area contributed by atoms with Gasteiger partial charge in [0, 0.05) is 34.3 Å². The highest BCUT2D eigenvalue weighted by Gasteiger charge is 2.43. The van der Waals surface area contributed by atoms with Crippen molar-refractivity contribution in [2.45, 2.75) is 25.8 Å². The summed E-state index contributed by atoms with van der Waals surface area (Å²) in [6, 6.07) is 25.0. The summed E-state index contributed by atoms with van der Waals surface area (Å²) in [6.45, 7) is 3.09. The number of nitrogens with one attached hydrogen (secondary N) is 1. The number of fused-ring (bicyclic) bond motifs is 3. The van der Waals surface area contributed by atoms with Crippen molar-refractivity contribution in [3.63, 3.8) is 0 Å². The maximum Gasteiger partial charge on any atom is 0.243 e. The number of nitrogens with zero attached hydrogens (tertiary/aromatic N) is 2. The molecular weight excluding hydrogens is 358 g/mol. The fourth-order valence-electron chi connectivity index (χ4n) is 4.30. The Bertz CT molecular complexity index is 1220. The van der Waals surface area contributed by atoms with E-state index in [9.17, 15) is 4.79 Å². The first-order valence-corrected chi connectivity index (χ1v) is 10.1. The van der Waals surface area contributed by atoms with Crippen LogP contribution in [-0.2, 0) is 11.3 Å². The molecule has 0 aliphatic heterocycles. The van der Waals surface area contributed by atoms with Crippen molar-refractivity contribution in [1.82, 2.24) is 9.99 Å². The molecule has 0 radical (unpaired) electrons. The van der Waals surface area contributed by atoms with Crippen LogP contribution in [0.2, 0.25) is 0 Å². The molecule has 5 rings (SSSR count). The summed E-state index contributed by atoms with van der Waals surface area (Å²) in [5, 5.41) is 6.67. The highest BCUT2D eigenvalue weighted by Crippen LogP contribution is 2.47. The number of amides is 1. The molecule has 1 heterocycles. The molecule has 0 unspecified atom stereocenters. The zero-order valence-corrected chi connectivity index (χ0v) is 16.4. The summed E-state index contributed by atoms with van der Waals surface area (Å²) < 4.78 is 2.32. The van der Waals surface area contributed by atoms with Crippen LogP contribution in [0.4, 0.5) is 0 Å². The molecule has 1 N–H and O–H groups in total. The van der Waals surface area contributed by atoms with Gasteiger partial charge in [0.2, 0.25) is 5.91 Å². The van der Waals surface area contributed by atoms with Crippen LogP contribution in [-0.4, -0.2) is 16.7 Å². The number of para-hydroxylation sites is 1. The highest BCUT2D eigenvalue weighted by atomic mass is 16.2. The Labute approximate surface area is 169 Å². The van der Waals surface area contributed by atoms with Gasteiger partial charge in [-0.2, -0.15) is 5.10 Å². The predicted molar refractivity (Wildman–Crippen MR) is 118 cm³/mol. The van der Waals surface area contributed by atoms with E-state index in [0.29, 0.717) is 5.92 Å². The van der Waals surface area contributed by atoms with Gasteiger partial charge in [-0.15, -0.1) is 0 Å². The molecule has 4 heteroatoms. The van der Waals surface area contributed by atoms with E-state index in [1.807, 2.05) is 24.3 Å². The molecule has 4 nitrogen and oxygen atoms in total. The Morgan fingerprint density at radius 1 is 1.03 bits per heavy atom. The first-order chi connectivity index (χ1) is 14.3. The van der Waals surface area contributed by atoms with Gasteiger partial charge in [-0.3, -0.25) is 4.79 Å². The first-order valence-electron chi connectivity index (χ1n) is 10.1. The molecule has 1 amide bonds. The van der Waals surface area contributed by atoms with Crippen LogP contribution < -0.4 is 5.43 Å². The number of hydrogen-bond donors (Lipinski definition) is 1. The van der Waals surface area contributed by atoms with Gasteiger partial charge in [-0.25, -0.2) is 5.43 Å².